The second kappa shape index (κ2) is 6.78. The largest absolute Gasteiger partial charge is 0.396 e. The number of amides is 1. The molecule has 5 nitrogen and oxygen atoms in total. The van der Waals surface area contributed by atoms with E-state index < -0.39 is 0 Å². The van der Waals surface area contributed by atoms with E-state index in [1.807, 2.05) is 37.3 Å². The first kappa shape index (κ1) is 17.3. The summed E-state index contributed by atoms with van der Waals surface area (Å²) >= 11 is 12.0. The minimum atomic E-state index is -0.283. The smallest absolute Gasteiger partial charge is 0.259 e. The number of nitrogens with one attached hydrogen (secondary N) is 1. The first-order valence-electron chi connectivity index (χ1n) is 7.56. The standard InChI is InChI=1S/C18H16Cl2N4O/c1-10-16(11(2)24(23-10)13-6-4-3-5-7-13)18(25)22-12-8-14(19)17(21)15(20)9-12/h3-9H,21H2,1-2H3,(H,22,25). The lowest BCUT2D eigenvalue weighted by Crippen LogP contribution is -2.14. The molecule has 1 aromatic heterocycles. The van der Waals surface area contributed by atoms with Crippen LogP contribution < -0.4 is 11.1 Å². The average Bonchev–Trinajstić information content (AvgIpc) is 2.88. The van der Waals surface area contributed by atoms with Gasteiger partial charge in [-0.25, -0.2) is 4.68 Å². The summed E-state index contributed by atoms with van der Waals surface area (Å²) in [6, 6.07) is 12.8. The fourth-order valence-corrected chi connectivity index (χ4v) is 3.13. The number of nitrogens with zero attached hydrogens (tertiary/aromatic N) is 2. The van der Waals surface area contributed by atoms with Crippen molar-refractivity contribution in [2.75, 3.05) is 11.1 Å². The minimum Gasteiger partial charge on any atom is -0.396 e. The number of anilines is 2. The van der Waals surface area contributed by atoms with Crippen molar-refractivity contribution >= 4 is 40.5 Å². The predicted octanol–water partition coefficient (Wildman–Crippen LogP) is 4.63. The quantitative estimate of drug-likeness (QED) is 0.656. The number of aromatic nitrogens is 2. The normalized spacial score (nSPS) is 10.7. The van der Waals surface area contributed by atoms with Gasteiger partial charge in [0.15, 0.2) is 0 Å². The second-order valence-electron chi connectivity index (χ2n) is 5.60. The molecule has 0 saturated heterocycles. The van der Waals surface area contributed by atoms with Crippen LogP contribution in [-0.4, -0.2) is 15.7 Å². The molecule has 0 aliphatic rings. The molecule has 0 unspecified atom stereocenters. The van der Waals surface area contributed by atoms with Gasteiger partial charge in [-0.1, -0.05) is 41.4 Å². The van der Waals surface area contributed by atoms with E-state index in [4.69, 9.17) is 28.9 Å². The molecule has 1 amide bonds. The Morgan fingerprint density at radius 1 is 1.12 bits per heavy atom. The molecule has 3 aromatic rings. The average molecular weight is 375 g/mol. The summed E-state index contributed by atoms with van der Waals surface area (Å²) in [5.41, 5.74) is 9.25. The highest BCUT2D eigenvalue weighted by Crippen LogP contribution is 2.31. The number of benzene rings is 2. The predicted molar refractivity (Wildman–Crippen MR) is 102 cm³/mol. The number of nitrogen functional groups attached to an aromatic ring is 1. The first-order chi connectivity index (χ1) is 11.9. The lowest BCUT2D eigenvalue weighted by molar-refractivity contribution is 0.102. The summed E-state index contributed by atoms with van der Waals surface area (Å²) in [7, 11) is 0. The number of carbonyl (C=O) groups is 1. The summed E-state index contributed by atoms with van der Waals surface area (Å²) in [5, 5.41) is 7.85. The fourth-order valence-electron chi connectivity index (χ4n) is 2.64. The number of carbonyl (C=O) groups excluding carboxylic acids is 1. The molecule has 1 heterocycles. The van der Waals surface area contributed by atoms with E-state index in [1.54, 1.807) is 23.7 Å². The third-order valence-electron chi connectivity index (χ3n) is 3.86. The molecule has 3 rings (SSSR count). The first-order valence-corrected chi connectivity index (χ1v) is 8.31. The maximum atomic E-state index is 12.7. The Morgan fingerprint density at radius 2 is 1.72 bits per heavy atom. The van der Waals surface area contributed by atoms with Gasteiger partial charge >= 0.3 is 0 Å². The van der Waals surface area contributed by atoms with Crippen LogP contribution in [0.5, 0.6) is 0 Å². The Bertz CT molecular complexity index is 928. The van der Waals surface area contributed by atoms with Gasteiger partial charge in [0, 0.05) is 5.69 Å². The molecule has 0 saturated carbocycles. The molecular formula is C18H16Cl2N4O. The van der Waals surface area contributed by atoms with E-state index in [0.717, 1.165) is 11.4 Å². The highest BCUT2D eigenvalue weighted by Gasteiger charge is 2.20. The summed E-state index contributed by atoms with van der Waals surface area (Å²) in [6.07, 6.45) is 0. The summed E-state index contributed by atoms with van der Waals surface area (Å²) in [6.45, 7) is 3.65. The van der Waals surface area contributed by atoms with Crippen LogP contribution in [0.4, 0.5) is 11.4 Å². The van der Waals surface area contributed by atoms with Crippen LogP contribution in [0.3, 0.4) is 0 Å². The lowest BCUT2D eigenvalue weighted by atomic mass is 10.1. The van der Waals surface area contributed by atoms with E-state index >= 15 is 0 Å². The van der Waals surface area contributed by atoms with Crippen LogP contribution in [0.15, 0.2) is 42.5 Å². The topological polar surface area (TPSA) is 72.9 Å². The van der Waals surface area contributed by atoms with Crippen LogP contribution in [0, 0.1) is 13.8 Å². The molecule has 0 atom stereocenters. The van der Waals surface area contributed by atoms with E-state index in [1.165, 1.54) is 0 Å². The Hall–Kier alpha value is -2.50. The Labute approximate surface area is 155 Å². The highest BCUT2D eigenvalue weighted by molar-refractivity contribution is 6.39. The molecule has 128 valence electrons. The number of aryl methyl sites for hydroxylation is 1. The minimum absolute atomic E-state index is 0.283. The van der Waals surface area contributed by atoms with Crippen molar-refractivity contribution in [3.63, 3.8) is 0 Å². The van der Waals surface area contributed by atoms with Gasteiger partial charge in [0.1, 0.15) is 0 Å². The molecule has 3 N–H and O–H groups in total. The molecule has 7 heteroatoms. The monoisotopic (exact) mass is 374 g/mol. The summed E-state index contributed by atoms with van der Waals surface area (Å²) < 4.78 is 1.74. The Morgan fingerprint density at radius 3 is 2.32 bits per heavy atom. The summed E-state index contributed by atoms with van der Waals surface area (Å²) in [5.74, 6) is -0.283. The number of halogens is 2. The van der Waals surface area contributed by atoms with Gasteiger partial charge in [-0.05, 0) is 38.1 Å². The number of rotatable bonds is 3. The number of hydrogen-bond acceptors (Lipinski definition) is 3. The zero-order valence-electron chi connectivity index (χ0n) is 13.7. The molecule has 25 heavy (non-hydrogen) atoms. The molecule has 0 fully saturated rings. The molecule has 0 spiro atoms. The van der Waals surface area contributed by atoms with Crippen molar-refractivity contribution < 1.29 is 4.79 Å². The van der Waals surface area contributed by atoms with E-state index in [0.29, 0.717) is 16.9 Å². The molecule has 2 aromatic carbocycles. The van der Waals surface area contributed by atoms with Crippen LogP contribution in [0.1, 0.15) is 21.7 Å². The highest BCUT2D eigenvalue weighted by atomic mass is 35.5. The van der Waals surface area contributed by atoms with Crippen LogP contribution >= 0.6 is 23.2 Å². The molecule has 0 aliphatic heterocycles. The van der Waals surface area contributed by atoms with E-state index in [-0.39, 0.29) is 21.6 Å². The third-order valence-corrected chi connectivity index (χ3v) is 4.48. The van der Waals surface area contributed by atoms with Gasteiger partial charge in [-0.2, -0.15) is 5.10 Å². The van der Waals surface area contributed by atoms with Gasteiger partial charge in [0.2, 0.25) is 0 Å². The lowest BCUT2D eigenvalue weighted by Gasteiger charge is -2.09. The number of nitrogens with two attached hydrogens (primary N) is 1. The van der Waals surface area contributed by atoms with Crippen LogP contribution in [-0.2, 0) is 0 Å². The van der Waals surface area contributed by atoms with Crippen molar-refractivity contribution in [1.29, 1.82) is 0 Å². The van der Waals surface area contributed by atoms with Gasteiger partial charge in [0.05, 0.1) is 38.4 Å². The molecular weight excluding hydrogens is 359 g/mol. The van der Waals surface area contributed by atoms with Crippen LogP contribution in [0.25, 0.3) is 5.69 Å². The van der Waals surface area contributed by atoms with Gasteiger partial charge in [-0.15, -0.1) is 0 Å². The van der Waals surface area contributed by atoms with Crippen molar-refractivity contribution in [3.8, 4) is 5.69 Å². The second-order valence-corrected chi connectivity index (χ2v) is 6.42. The van der Waals surface area contributed by atoms with Crippen molar-refractivity contribution in [1.82, 2.24) is 9.78 Å². The number of para-hydroxylation sites is 1. The SMILES string of the molecule is Cc1nn(-c2ccccc2)c(C)c1C(=O)Nc1cc(Cl)c(N)c(Cl)c1. The van der Waals surface area contributed by atoms with E-state index in [2.05, 4.69) is 10.4 Å². The third kappa shape index (κ3) is 3.34. The van der Waals surface area contributed by atoms with Crippen LogP contribution in [0.2, 0.25) is 10.0 Å². The molecule has 0 aliphatic carbocycles. The van der Waals surface area contributed by atoms with Gasteiger partial charge in [0.25, 0.3) is 5.91 Å². The molecule has 0 radical (unpaired) electrons. The zero-order valence-corrected chi connectivity index (χ0v) is 15.2. The van der Waals surface area contributed by atoms with Gasteiger partial charge in [-0.3, -0.25) is 4.79 Å². The maximum absolute atomic E-state index is 12.7. The van der Waals surface area contributed by atoms with Crippen molar-refractivity contribution in [2.45, 2.75) is 13.8 Å². The number of hydrogen-bond donors (Lipinski definition) is 2. The fraction of sp³-hybridized carbons (Fsp3) is 0.111. The Kier molecular flexibility index (Phi) is 4.70. The Balaban J connectivity index is 1.95. The molecule has 0 bridgehead atoms. The van der Waals surface area contributed by atoms with E-state index in [9.17, 15) is 4.79 Å². The summed E-state index contributed by atoms with van der Waals surface area (Å²) in [4.78, 5) is 12.7. The maximum Gasteiger partial charge on any atom is 0.259 e. The van der Waals surface area contributed by atoms with Gasteiger partial charge < -0.3 is 11.1 Å². The van der Waals surface area contributed by atoms with Crippen molar-refractivity contribution in [3.05, 3.63) is 69.5 Å². The van der Waals surface area contributed by atoms with Crippen molar-refractivity contribution in [2.24, 2.45) is 0 Å². The zero-order chi connectivity index (χ0) is 18.1.